The fourth-order valence-corrected chi connectivity index (χ4v) is 2.24. The number of rotatable bonds is 3. The third-order valence-electron chi connectivity index (χ3n) is 2.29. The summed E-state index contributed by atoms with van der Waals surface area (Å²) in [5, 5.41) is 4.73. The quantitative estimate of drug-likeness (QED) is 0.857. The van der Waals surface area contributed by atoms with E-state index in [0.29, 0.717) is 5.82 Å². The van der Waals surface area contributed by atoms with Crippen LogP contribution in [0.25, 0.3) is 6.08 Å². The van der Waals surface area contributed by atoms with Crippen LogP contribution in [0, 0.1) is 13.8 Å². The van der Waals surface area contributed by atoms with Crippen LogP contribution in [-0.4, -0.2) is 10.9 Å². The van der Waals surface area contributed by atoms with Crippen LogP contribution in [0.2, 0.25) is 0 Å². The lowest BCUT2D eigenvalue weighted by atomic mass is 10.2. The van der Waals surface area contributed by atoms with Gasteiger partial charge in [-0.3, -0.25) is 4.79 Å². The molecule has 1 N–H and O–H groups in total. The van der Waals surface area contributed by atoms with Gasteiger partial charge in [0.05, 0.1) is 0 Å². The highest BCUT2D eigenvalue weighted by Gasteiger charge is 2.01. The van der Waals surface area contributed by atoms with Crippen LogP contribution >= 0.6 is 11.3 Å². The number of aromatic nitrogens is 1. The molecule has 0 aliphatic carbocycles. The van der Waals surface area contributed by atoms with Gasteiger partial charge in [0, 0.05) is 16.6 Å². The molecule has 0 radical (unpaired) electrons. The summed E-state index contributed by atoms with van der Waals surface area (Å²) >= 11 is 1.59. The van der Waals surface area contributed by atoms with Gasteiger partial charge in [-0.25, -0.2) is 4.98 Å². The van der Waals surface area contributed by atoms with Crippen LogP contribution in [0.4, 0.5) is 5.82 Å². The molecule has 1 amide bonds. The van der Waals surface area contributed by atoms with E-state index in [4.69, 9.17) is 0 Å². The molecule has 0 aliphatic rings. The molecule has 2 aromatic rings. The highest BCUT2D eigenvalue weighted by atomic mass is 32.1. The number of amides is 1. The molecule has 2 heterocycles. The molecule has 4 heteroatoms. The van der Waals surface area contributed by atoms with E-state index in [0.717, 1.165) is 16.1 Å². The van der Waals surface area contributed by atoms with E-state index in [9.17, 15) is 4.79 Å². The number of carbonyl (C=O) groups excluding carboxylic acids is 1. The minimum atomic E-state index is -0.166. The summed E-state index contributed by atoms with van der Waals surface area (Å²) in [6.07, 6.45) is 3.31. The maximum atomic E-state index is 11.7. The van der Waals surface area contributed by atoms with Crippen molar-refractivity contribution in [2.75, 3.05) is 5.32 Å². The maximum Gasteiger partial charge on any atom is 0.249 e. The lowest BCUT2D eigenvalue weighted by molar-refractivity contribution is -0.111. The third-order valence-corrected chi connectivity index (χ3v) is 3.13. The van der Waals surface area contributed by atoms with Gasteiger partial charge in [-0.05, 0) is 49.1 Å². The van der Waals surface area contributed by atoms with Crippen LogP contribution in [-0.2, 0) is 4.79 Å². The monoisotopic (exact) mass is 258 g/mol. The van der Waals surface area contributed by atoms with Gasteiger partial charge in [0.25, 0.3) is 0 Å². The first kappa shape index (κ1) is 12.5. The number of hydrogen-bond acceptors (Lipinski definition) is 3. The number of carbonyl (C=O) groups is 1. The number of anilines is 1. The molecule has 0 saturated heterocycles. The van der Waals surface area contributed by atoms with E-state index < -0.39 is 0 Å². The summed E-state index contributed by atoms with van der Waals surface area (Å²) in [4.78, 5) is 17.0. The van der Waals surface area contributed by atoms with Crippen molar-refractivity contribution in [1.29, 1.82) is 0 Å². The second-order valence-corrected chi connectivity index (χ2v) is 4.99. The highest BCUT2D eigenvalue weighted by Crippen LogP contribution is 2.11. The Kier molecular flexibility index (Phi) is 3.89. The Balaban J connectivity index is 2.03. The molecule has 0 unspecified atom stereocenters. The second-order valence-electron chi connectivity index (χ2n) is 4.01. The normalized spacial score (nSPS) is 10.8. The molecule has 0 aliphatic heterocycles. The van der Waals surface area contributed by atoms with Gasteiger partial charge >= 0.3 is 0 Å². The smallest absolute Gasteiger partial charge is 0.249 e. The van der Waals surface area contributed by atoms with E-state index in [1.54, 1.807) is 17.4 Å². The fraction of sp³-hybridized carbons (Fsp3) is 0.143. The van der Waals surface area contributed by atoms with Gasteiger partial charge in [-0.2, -0.15) is 0 Å². The predicted molar refractivity (Wildman–Crippen MR) is 75.7 cm³/mol. The van der Waals surface area contributed by atoms with Crippen molar-refractivity contribution in [1.82, 2.24) is 4.98 Å². The van der Waals surface area contributed by atoms with Crippen molar-refractivity contribution in [3.05, 3.63) is 51.9 Å². The summed E-state index contributed by atoms with van der Waals surface area (Å²) in [5.74, 6) is 0.425. The number of pyridine rings is 1. The number of nitrogens with zero attached hydrogens (tertiary/aromatic N) is 1. The molecule has 92 valence electrons. The van der Waals surface area contributed by atoms with Crippen LogP contribution in [0.15, 0.2) is 35.7 Å². The van der Waals surface area contributed by atoms with E-state index in [2.05, 4.69) is 10.3 Å². The van der Waals surface area contributed by atoms with Gasteiger partial charge in [-0.1, -0.05) is 6.07 Å². The standard InChI is InChI=1S/C14H14N2OS/c1-10-8-11(2)15-13(9-10)16-14(17)6-5-12-4-3-7-18-12/h3-9H,1-2H3,(H,15,16,17)/b6-5+. The number of hydrogen-bond donors (Lipinski definition) is 1. The molecule has 0 spiro atoms. The zero-order valence-electron chi connectivity index (χ0n) is 10.3. The summed E-state index contributed by atoms with van der Waals surface area (Å²) in [6, 6.07) is 7.73. The van der Waals surface area contributed by atoms with Crippen molar-refractivity contribution in [3.8, 4) is 0 Å². The first-order valence-corrected chi connectivity index (χ1v) is 6.49. The summed E-state index contributed by atoms with van der Waals surface area (Å²) in [5.41, 5.74) is 1.98. The molecular weight excluding hydrogens is 244 g/mol. The zero-order valence-corrected chi connectivity index (χ0v) is 11.1. The molecular formula is C14H14N2OS. The lowest BCUT2D eigenvalue weighted by Crippen LogP contribution is -2.09. The van der Waals surface area contributed by atoms with Gasteiger partial charge in [0.15, 0.2) is 0 Å². The highest BCUT2D eigenvalue weighted by molar-refractivity contribution is 7.10. The van der Waals surface area contributed by atoms with Crippen molar-refractivity contribution >= 4 is 29.1 Å². The summed E-state index contributed by atoms with van der Waals surface area (Å²) in [6.45, 7) is 3.88. The molecule has 0 bridgehead atoms. The lowest BCUT2D eigenvalue weighted by Gasteiger charge is -2.03. The molecule has 2 rings (SSSR count). The molecule has 0 saturated carbocycles. The average Bonchev–Trinajstić information content (AvgIpc) is 2.77. The Hall–Kier alpha value is -1.94. The van der Waals surface area contributed by atoms with Gasteiger partial charge in [-0.15, -0.1) is 11.3 Å². The SMILES string of the molecule is Cc1cc(C)nc(NC(=O)/C=C/c2cccs2)c1. The van der Waals surface area contributed by atoms with Gasteiger partial charge < -0.3 is 5.32 Å². The van der Waals surface area contributed by atoms with Gasteiger partial charge in [0.2, 0.25) is 5.91 Å². The number of aryl methyl sites for hydroxylation is 2. The summed E-state index contributed by atoms with van der Waals surface area (Å²) in [7, 11) is 0. The second kappa shape index (κ2) is 5.60. The fourth-order valence-electron chi connectivity index (χ4n) is 1.62. The average molecular weight is 258 g/mol. The molecule has 3 nitrogen and oxygen atoms in total. The Morgan fingerprint density at radius 3 is 2.89 bits per heavy atom. The molecule has 0 atom stereocenters. The van der Waals surface area contributed by atoms with Crippen LogP contribution in [0.1, 0.15) is 16.1 Å². The predicted octanol–water partition coefficient (Wildman–Crippen LogP) is 3.41. The summed E-state index contributed by atoms with van der Waals surface area (Å²) < 4.78 is 0. The van der Waals surface area contributed by atoms with E-state index in [1.807, 2.05) is 43.5 Å². The Bertz CT molecular complexity index is 553. The van der Waals surface area contributed by atoms with E-state index >= 15 is 0 Å². The topological polar surface area (TPSA) is 42.0 Å². The van der Waals surface area contributed by atoms with Crippen LogP contribution in [0.5, 0.6) is 0 Å². The minimum Gasteiger partial charge on any atom is -0.307 e. The minimum absolute atomic E-state index is 0.166. The van der Waals surface area contributed by atoms with Crippen molar-refractivity contribution in [2.45, 2.75) is 13.8 Å². The Morgan fingerprint density at radius 1 is 1.39 bits per heavy atom. The molecule has 2 aromatic heterocycles. The maximum absolute atomic E-state index is 11.7. The Morgan fingerprint density at radius 2 is 2.22 bits per heavy atom. The zero-order chi connectivity index (χ0) is 13.0. The first-order chi connectivity index (χ1) is 8.63. The first-order valence-electron chi connectivity index (χ1n) is 5.61. The number of nitrogens with one attached hydrogen (secondary N) is 1. The van der Waals surface area contributed by atoms with E-state index in [1.165, 1.54) is 6.08 Å². The van der Waals surface area contributed by atoms with Crippen LogP contribution < -0.4 is 5.32 Å². The third kappa shape index (κ3) is 3.53. The van der Waals surface area contributed by atoms with Gasteiger partial charge in [0.1, 0.15) is 5.82 Å². The largest absolute Gasteiger partial charge is 0.307 e. The number of thiophene rings is 1. The van der Waals surface area contributed by atoms with Crippen molar-refractivity contribution in [2.24, 2.45) is 0 Å². The molecule has 0 aromatic carbocycles. The van der Waals surface area contributed by atoms with Crippen LogP contribution in [0.3, 0.4) is 0 Å². The van der Waals surface area contributed by atoms with Crippen molar-refractivity contribution in [3.63, 3.8) is 0 Å². The van der Waals surface area contributed by atoms with Crippen molar-refractivity contribution < 1.29 is 4.79 Å². The Labute approximate surface area is 110 Å². The molecule has 0 fully saturated rings. The van der Waals surface area contributed by atoms with E-state index in [-0.39, 0.29) is 5.91 Å². The molecule has 18 heavy (non-hydrogen) atoms.